The van der Waals surface area contributed by atoms with Crippen LogP contribution < -0.4 is 5.32 Å². The fourth-order valence-electron chi connectivity index (χ4n) is 2.78. The second-order valence-electron chi connectivity index (χ2n) is 5.21. The van der Waals surface area contributed by atoms with Crippen LogP contribution in [0.25, 0.3) is 0 Å². The first-order chi connectivity index (χ1) is 9.22. The molecule has 1 saturated heterocycles. The molecule has 1 aromatic carbocycles. The summed E-state index contributed by atoms with van der Waals surface area (Å²) in [6.07, 6.45) is 2.51. The van der Waals surface area contributed by atoms with Crippen molar-refractivity contribution in [2.75, 3.05) is 26.2 Å². The minimum Gasteiger partial charge on any atom is -0.395 e. The third-order valence-corrected chi connectivity index (χ3v) is 4.63. The number of rotatable bonds is 6. The molecule has 4 heteroatoms. The maximum Gasteiger partial charge on any atom is 0.0558 e. The summed E-state index contributed by atoms with van der Waals surface area (Å²) in [6.45, 7) is 5.27. The molecule has 0 aromatic heterocycles. The van der Waals surface area contributed by atoms with Gasteiger partial charge >= 0.3 is 0 Å². The molecule has 1 aromatic rings. The molecule has 1 fully saturated rings. The largest absolute Gasteiger partial charge is 0.395 e. The molecule has 3 nitrogen and oxygen atoms in total. The molecular weight excluding hydrogens is 304 g/mol. The number of hydrogen-bond donors (Lipinski definition) is 2. The average molecular weight is 327 g/mol. The Kier molecular flexibility index (Phi) is 5.82. The molecule has 1 aliphatic rings. The number of aliphatic hydroxyl groups is 1. The van der Waals surface area contributed by atoms with E-state index < -0.39 is 0 Å². The van der Waals surface area contributed by atoms with Crippen molar-refractivity contribution >= 4 is 15.9 Å². The van der Waals surface area contributed by atoms with Gasteiger partial charge in [0.2, 0.25) is 0 Å². The Hall–Kier alpha value is -0.420. The van der Waals surface area contributed by atoms with E-state index in [-0.39, 0.29) is 6.61 Å². The highest BCUT2D eigenvalue weighted by Gasteiger charge is 2.22. The molecule has 19 heavy (non-hydrogen) atoms. The van der Waals surface area contributed by atoms with E-state index in [1.54, 1.807) is 0 Å². The predicted octanol–water partition coefficient (Wildman–Crippen LogP) is 2.56. The van der Waals surface area contributed by atoms with Crippen molar-refractivity contribution < 1.29 is 5.11 Å². The van der Waals surface area contributed by atoms with Gasteiger partial charge in [0.15, 0.2) is 0 Å². The standard InChI is InChI=1S/C15H23BrN2O/c1-12(14-6-2-3-7-15(14)16)18(9-10-19)11-13-5-4-8-17-13/h2-3,6-7,12-13,17,19H,4-5,8-11H2,1H3. The summed E-state index contributed by atoms with van der Waals surface area (Å²) in [7, 11) is 0. The van der Waals surface area contributed by atoms with Crippen LogP contribution in [0.4, 0.5) is 0 Å². The van der Waals surface area contributed by atoms with Crippen LogP contribution >= 0.6 is 15.9 Å². The lowest BCUT2D eigenvalue weighted by Gasteiger charge is -2.31. The highest BCUT2D eigenvalue weighted by molar-refractivity contribution is 9.10. The van der Waals surface area contributed by atoms with Gasteiger partial charge in [-0.15, -0.1) is 0 Å². The van der Waals surface area contributed by atoms with E-state index in [2.05, 4.69) is 51.3 Å². The zero-order valence-corrected chi connectivity index (χ0v) is 13.1. The molecule has 2 rings (SSSR count). The van der Waals surface area contributed by atoms with Gasteiger partial charge in [-0.25, -0.2) is 0 Å². The third kappa shape index (κ3) is 4.02. The Labute approximate surface area is 124 Å². The lowest BCUT2D eigenvalue weighted by molar-refractivity contribution is 0.147. The van der Waals surface area contributed by atoms with E-state index in [1.807, 2.05) is 6.07 Å². The van der Waals surface area contributed by atoms with Crippen LogP contribution in [0.2, 0.25) is 0 Å². The molecule has 2 N–H and O–H groups in total. The molecule has 106 valence electrons. The van der Waals surface area contributed by atoms with E-state index in [9.17, 15) is 5.11 Å². The number of nitrogens with zero attached hydrogens (tertiary/aromatic N) is 1. The molecule has 0 bridgehead atoms. The quantitative estimate of drug-likeness (QED) is 0.843. The number of hydrogen-bond acceptors (Lipinski definition) is 3. The van der Waals surface area contributed by atoms with Crippen molar-refractivity contribution in [2.45, 2.75) is 31.8 Å². The van der Waals surface area contributed by atoms with Gasteiger partial charge in [-0.2, -0.15) is 0 Å². The van der Waals surface area contributed by atoms with E-state index in [0.717, 1.165) is 24.1 Å². The van der Waals surface area contributed by atoms with Crippen LogP contribution in [-0.2, 0) is 0 Å². The van der Waals surface area contributed by atoms with Crippen LogP contribution in [0.15, 0.2) is 28.7 Å². The van der Waals surface area contributed by atoms with Crippen molar-refractivity contribution in [3.63, 3.8) is 0 Å². The van der Waals surface area contributed by atoms with Crippen LogP contribution in [0.1, 0.15) is 31.4 Å². The van der Waals surface area contributed by atoms with Crippen LogP contribution in [-0.4, -0.2) is 42.3 Å². The van der Waals surface area contributed by atoms with E-state index in [1.165, 1.54) is 18.4 Å². The summed E-state index contributed by atoms with van der Waals surface area (Å²) in [5, 5.41) is 12.8. The summed E-state index contributed by atoms with van der Waals surface area (Å²) in [4.78, 5) is 2.36. The highest BCUT2D eigenvalue weighted by atomic mass is 79.9. The van der Waals surface area contributed by atoms with E-state index >= 15 is 0 Å². The maximum absolute atomic E-state index is 9.30. The van der Waals surface area contributed by atoms with Crippen molar-refractivity contribution in [2.24, 2.45) is 0 Å². The van der Waals surface area contributed by atoms with Gasteiger partial charge in [-0.1, -0.05) is 34.1 Å². The first-order valence-electron chi connectivity index (χ1n) is 7.05. The topological polar surface area (TPSA) is 35.5 Å². The molecule has 1 heterocycles. The average Bonchev–Trinajstić information content (AvgIpc) is 2.91. The summed E-state index contributed by atoms with van der Waals surface area (Å²) in [5.74, 6) is 0. The van der Waals surface area contributed by atoms with Crippen molar-refractivity contribution in [3.8, 4) is 0 Å². The molecule has 0 aliphatic carbocycles. The maximum atomic E-state index is 9.30. The molecule has 0 radical (unpaired) electrons. The van der Waals surface area contributed by atoms with Crippen LogP contribution in [0.5, 0.6) is 0 Å². The van der Waals surface area contributed by atoms with E-state index in [0.29, 0.717) is 12.1 Å². The number of nitrogens with one attached hydrogen (secondary N) is 1. The van der Waals surface area contributed by atoms with Gasteiger partial charge in [0.25, 0.3) is 0 Å². The number of aliphatic hydroxyl groups excluding tert-OH is 1. The Morgan fingerprint density at radius 2 is 2.26 bits per heavy atom. The summed E-state index contributed by atoms with van der Waals surface area (Å²) in [6, 6.07) is 9.22. The van der Waals surface area contributed by atoms with Crippen LogP contribution in [0, 0.1) is 0 Å². The Balaban J connectivity index is 2.06. The minimum absolute atomic E-state index is 0.210. The second kappa shape index (κ2) is 7.39. The Morgan fingerprint density at radius 3 is 2.89 bits per heavy atom. The number of benzene rings is 1. The monoisotopic (exact) mass is 326 g/mol. The lowest BCUT2D eigenvalue weighted by atomic mass is 10.1. The van der Waals surface area contributed by atoms with Gasteiger partial charge in [0.05, 0.1) is 6.61 Å². The van der Waals surface area contributed by atoms with Crippen LogP contribution in [0.3, 0.4) is 0 Å². The Bertz CT molecular complexity index is 393. The molecule has 2 atom stereocenters. The van der Waals surface area contributed by atoms with Crippen molar-refractivity contribution in [1.29, 1.82) is 0 Å². The zero-order valence-electron chi connectivity index (χ0n) is 11.5. The van der Waals surface area contributed by atoms with Crippen molar-refractivity contribution in [1.82, 2.24) is 10.2 Å². The highest BCUT2D eigenvalue weighted by Crippen LogP contribution is 2.27. The molecule has 2 unspecified atom stereocenters. The summed E-state index contributed by atoms with van der Waals surface area (Å²) in [5.41, 5.74) is 1.29. The van der Waals surface area contributed by atoms with Crippen molar-refractivity contribution in [3.05, 3.63) is 34.3 Å². The first kappa shape index (κ1) is 15.0. The predicted molar refractivity (Wildman–Crippen MR) is 82.2 cm³/mol. The molecule has 0 amide bonds. The zero-order chi connectivity index (χ0) is 13.7. The third-order valence-electron chi connectivity index (χ3n) is 3.91. The molecule has 0 saturated carbocycles. The molecule has 1 aliphatic heterocycles. The normalized spacial score (nSPS) is 20.9. The van der Waals surface area contributed by atoms with Gasteiger partial charge < -0.3 is 10.4 Å². The summed E-state index contributed by atoms with van der Waals surface area (Å²) >= 11 is 3.62. The van der Waals surface area contributed by atoms with E-state index in [4.69, 9.17) is 0 Å². The second-order valence-corrected chi connectivity index (χ2v) is 6.06. The minimum atomic E-state index is 0.210. The SMILES string of the molecule is CC(c1ccccc1Br)N(CCO)CC1CCCN1. The fourth-order valence-corrected chi connectivity index (χ4v) is 3.39. The Morgan fingerprint density at radius 1 is 1.47 bits per heavy atom. The first-order valence-corrected chi connectivity index (χ1v) is 7.84. The fraction of sp³-hybridized carbons (Fsp3) is 0.600. The van der Waals surface area contributed by atoms with Gasteiger partial charge in [-0.3, -0.25) is 4.90 Å². The van der Waals surface area contributed by atoms with Gasteiger partial charge in [-0.05, 0) is 37.9 Å². The lowest BCUT2D eigenvalue weighted by Crippen LogP contribution is -2.40. The summed E-state index contributed by atoms with van der Waals surface area (Å²) < 4.78 is 1.14. The smallest absolute Gasteiger partial charge is 0.0558 e. The van der Waals surface area contributed by atoms with Gasteiger partial charge in [0.1, 0.15) is 0 Å². The molecule has 0 spiro atoms. The molecular formula is C15H23BrN2O. The number of halogens is 1. The van der Waals surface area contributed by atoms with Gasteiger partial charge in [0, 0.05) is 29.6 Å².